The second kappa shape index (κ2) is 9.38. The molecule has 0 radical (unpaired) electrons. The minimum Gasteiger partial charge on any atom is -0.393 e. The fraction of sp³-hybridized carbons (Fsp3) is 0.250. The number of aliphatic hydroxyl groups excluding tert-OH is 1. The first-order chi connectivity index (χ1) is 13.6. The molecule has 0 aliphatic rings. The standard InChI is InChI=1S/C24H25FN2O/c1-3-7-24-26-16-20-15-19(11-13-23(20)27-24)21-12-10-18(14-22(21)25)9-6-4-5-8-17(2)28/h3,6,9-17,28H,1,4-5,7-8H2,2H3. The van der Waals surface area contributed by atoms with Gasteiger partial charge in [-0.1, -0.05) is 36.4 Å². The van der Waals surface area contributed by atoms with Crippen molar-refractivity contribution in [3.05, 3.63) is 78.5 Å². The van der Waals surface area contributed by atoms with Crippen LogP contribution in [0.2, 0.25) is 0 Å². The average molecular weight is 376 g/mol. The molecular weight excluding hydrogens is 351 g/mol. The summed E-state index contributed by atoms with van der Waals surface area (Å²) >= 11 is 0. The topological polar surface area (TPSA) is 46.0 Å². The monoisotopic (exact) mass is 376 g/mol. The lowest BCUT2D eigenvalue weighted by atomic mass is 10.0. The number of aliphatic hydroxyl groups is 1. The fourth-order valence-electron chi connectivity index (χ4n) is 3.09. The van der Waals surface area contributed by atoms with Crippen molar-refractivity contribution >= 4 is 17.0 Å². The van der Waals surface area contributed by atoms with Crippen LogP contribution >= 0.6 is 0 Å². The Morgan fingerprint density at radius 2 is 2.07 bits per heavy atom. The summed E-state index contributed by atoms with van der Waals surface area (Å²) in [5, 5.41) is 10.1. The maximum absolute atomic E-state index is 14.7. The van der Waals surface area contributed by atoms with Crippen LogP contribution in [0, 0.1) is 5.82 Å². The van der Waals surface area contributed by atoms with Crippen molar-refractivity contribution in [2.24, 2.45) is 0 Å². The molecule has 0 saturated carbocycles. The third-order valence-electron chi connectivity index (χ3n) is 4.56. The van der Waals surface area contributed by atoms with Crippen LogP contribution < -0.4 is 0 Å². The summed E-state index contributed by atoms with van der Waals surface area (Å²) < 4.78 is 14.7. The Balaban J connectivity index is 1.77. The Hall–Kier alpha value is -2.85. The maximum Gasteiger partial charge on any atom is 0.132 e. The molecule has 0 aliphatic carbocycles. The molecule has 144 valence electrons. The van der Waals surface area contributed by atoms with Gasteiger partial charge in [-0.15, -0.1) is 6.58 Å². The van der Waals surface area contributed by atoms with Crippen molar-refractivity contribution in [2.45, 2.75) is 38.7 Å². The van der Waals surface area contributed by atoms with E-state index in [1.807, 2.05) is 36.4 Å². The Morgan fingerprint density at radius 1 is 1.21 bits per heavy atom. The van der Waals surface area contributed by atoms with Gasteiger partial charge in [0.2, 0.25) is 0 Å². The molecular formula is C24H25FN2O. The van der Waals surface area contributed by atoms with Gasteiger partial charge in [0.25, 0.3) is 0 Å². The lowest BCUT2D eigenvalue weighted by Crippen LogP contribution is -1.97. The Labute approximate surface area is 165 Å². The molecule has 1 heterocycles. The Kier molecular flexibility index (Phi) is 6.66. The van der Waals surface area contributed by atoms with E-state index >= 15 is 0 Å². The molecule has 3 rings (SSSR count). The van der Waals surface area contributed by atoms with E-state index in [0.29, 0.717) is 12.0 Å². The minimum absolute atomic E-state index is 0.255. The van der Waals surface area contributed by atoms with Crippen LogP contribution in [-0.4, -0.2) is 21.2 Å². The second-order valence-electron chi connectivity index (χ2n) is 6.97. The summed E-state index contributed by atoms with van der Waals surface area (Å²) in [6, 6.07) is 11.0. The van der Waals surface area contributed by atoms with Crippen LogP contribution in [0.5, 0.6) is 0 Å². The largest absolute Gasteiger partial charge is 0.393 e. The molecule has 0 aliphatic heterocycles. The number of hydrogen-bond acceptors (Lipinski definition) is 3. The molecule has 0 bridgehead atoms. The molecule has 0 spiro atoms. The highest BCUT2D eigenvalue weighted by Crippen LogP contribution is 2.27. The molecule has 1 unspecified atom stereocenters. The highest BCUT2D eigenvalue weighted by Gasteiger charge is 2.08. The number of benzene rings is 2. The highest BCUT2D eigenvalue weighted by molar-refractivity contribution is 5.84. The zero-order chi connectivity index (χ0) is 19.9. The zero-order valence-electron chi connectivity index (χ0n) is 16.1. The van der Waals surface area contributed by atoms with Crippen LogP contribution in [-0.2, 0) is 6.42 Å². The molecule has 0 fully saturated rings. The van der Waals surface area contributed by atoms with E-state index in [1.54, 1.807) is 31.3 Å². The van der Waals surface area contributed by atoms with Gasteiger partial charge in [-0.05, 0) is 55.5 Å². The number of nitrogens with zero attached hydrogens (tertiary/aromatic N) is 2. The summed E-state index contributed by atoms with van der Waals surface area (Å²) in [4.78, 5) is 8.82. The van der Waals surface area contributed by atoms with Crippen molar-refractivity contribution < 1.29 is 9.50 Å². The number of halogens is 1. The molecule has 3 nitrogen and oxygen atoms in total. The first-order valence-electron chi connectivity index (χ1n) is 9.58. The SMILES string of the molecule is C=CCc1ncc2cc(-c3ccc(C=CCCCC(C)O)cc3F)ccc2n1. The molecule has 1 N–H and O–H groups in total. The predicted molar refractivity (Wildman–Crippen MR) is 113 cm³/mol. The molecule has 4 heteroatoms. The van der Waals surface area contributed by atoms with Crippen molar-refractivity contribution in [2.75, 3.05) is 0 Å². The number of unbranched alkanes of at least 4 members (excludes halogenated alkanes) is 1. The highest BCUT2D eigenvalue weighted by atomic mass is 19.1. The lowest BCUT2D eigenvalue weighted by molar-refractivity contribution is 0.182. The summed E-state index contributed by atoms with van der Waals surface area (Å²) in [6.07, 6.45) is 10.4. The van der Waals surface area contributed by atoms with Gasteiger partial charge in [0.05, 0.1) is 11.6 Å². The molecule has 2 aromatic carbocycles. The minimum atomic E-state index is -0.272. The van der Waals surface area contributed by atoms with Gasteiger partial charge in [0.1, 0.15) is 11.6 Å². The van der Waals surface area contributed by atoms with Crippen LogP contribution in [0.4, 0.5) is 4.39 Å². The fourth-order valence-corrected chi connectivity index (χ4v) is 3.09. The Bertz CT molecular complexity index is 995. The summed E-state index contributed by atoms with van der Waals surface area (Å²) in [5.74, 6) is 0.473. The molecule has 0 saturated heterocycles. The van der Waals surface area contributed by atoms with E-state index < -0.39 is 0 Å². The Morgan fingerprint density at radius 3 is 2.82 bits per heavy atom. The van der Waals surface area contributed by atoms with Gasteiger partial charge < -0.3 is 5.11 Å². The van der Waals surface area contributed by atoms with E-state index in [2.05, 4.69) is 16.5 Å². The first-order valence-corrected chi connectivity index (χ1v) is 9.58. The lowest BCUT2D eigenvalue weighted by Gasteiger charge is -2.07. The number of aromatic nitrogens is 2. The van der Waals surface area contributed by atoms with Gasteiger partial charge >= 0.3 is 0 Å². The van der Waals surface area contributed by atoms with Crippen LogP contribution in [0.3, 0.4) is 0 Å². The van der Waals surface area contributed by atoms with E-state index in [-0.39, 0.29) is 11.9 Å². The van der Waals surface area contributed by atoms with Gasteiger partial charge in [-0.25, -0.2) is 14.4 Å². The van der Waals surface area contributed by atoms with Crippen LogP contribution in [0.25, 0.3) is 28.1 Å². The molecule has 1 aromatic heterocycles. The van der Waals surface area contributed by atoms with Crippen LogP contribution in [0.1, 0.15) is 37.6 Å². The number of hydrogen-bond donors (Lipinski definition) is 1. The van der Waals surface area contributed by atoms with E-state index in [4.69, 9.17) is 0 Å². The van der Waals surface area contributed by atoms with Crippen molar-refractivity contribution in [1.29, 1.82) is 0 Å². The van der Waals surface area contributed by atoms with E-state index in [0.717, 1.165) is 47.1 Å². The second-order valence-corrected chi connectivity index (χ2v) is 6.97. The third kappa shape index (κ3) is 5.11. The van der Waals surface area contributed by atoms with Gasteiger partial charge in [-0.2, -0.15) is 0 Å². The number of fused-ring (bicyclic) bond motifs is 1. The first kappa shape index (κ1) is 19.9. The quantitative estimate of drug-likeness (QED) is 0.403. The number of rotatable bonds is 8. The smallest absolute Gasteiger partial charge is 0.132 e. The molecule has 1 atom stereocenters. The van der Waals surface area contributed by atoms with E-state index in [1.165, 1.54) is 0 Å². The average Bonchev–Trinajstić information content (AvgIpc) is 2.67. The van der Waals surface area contributed by atoms with Gasteiger partial charge in [0, 0.05) is 23.6 Å². The zero-order valence-corrected chi connectivity index (χ0v) is 16.1. The summed E-state index contributed by atoms with van der Waals surface area (Å²) in [7, 11) is 0. The molecule has 28 heavy (non-hydrogen) atoms. The van der Waals surface area contributed by atoms with Crippen molar-refractivity contribution in [3.63, 3.8) is 0 Å². The summed E-state index contributed by atoms with van der Waals surface area (Å²) in [5.41, 5.74) is 3.03. The van der Waals surface area contributed by atoms with Crippen LogP contribution in [0.15, 0.2) is 61.3 Å². The number of allylic oxidation sites excluding steroid dienone is 2. The van der Waals surface area contributed by atoms with Crippen molar-refractivity contribution in [3.8, 4) is 11.1 Å². The maximum atomic E-state index is 14.7. The van der Waals surface area contributed by atoms with E-state index in [9.17, 15) is 9.50 Å². The molecule has 0 amide bonds. The van der Waals surface area contributed by atoms with Gasteiger partial charge in [-0.3, -0.25) is 0 Å². The normalized spacial score (nSPS) is 12.5. The summed E-state index contributed by atoms with van der Waals surface area (Å²) in [6.45, 7) is 5.49. The third-order valence-corrected chi connectivity index (χ3v) is 4.56. The predicted octanol–water partition coefficient (Wildman–Crippen LogP) is 5.73. The van der Waals surface area contributed by atoms with Gasteiger partial charge in [0.15, 0.2) is 0 Å². The van der Waals surface area contributed by atoms with Crippen molar-refractivity contribution in [1.82, 2.24) is 9.97 Å². The molecule has 3 aromatic rings.